The number of hydrogen-bond donors (Lipinski definition) is 3. The number of likely N-dealkylation sites (N-methyl/N-ethyl adjacent to an activating group) is 1. The summed E-state index contributed by atoms with van der Waals surface area (Å²) in [5.74, 6) is -1.95. The highest BCUT2D eigenvalue weighted by molar-refractivity contribution is 5.79. The van der Waals surface area contributed by atoms with E-state index in [0.717, 1.165) is 0 Å². The summed E-state index contributed by atoms with van der Waals surface area (Å²) in [5, 5.41) is 20.4. The fourth-order valence-electron chi connectivity index (χ4n) is 1.38. The van der Waals surface area contributed by atoms with Crippen molar-refractivity contribution in [2.24, 2.45) is 0 Å². The second-order valence-corrected chi connectivity index (χ2v) is 3.16. The zero-order chi connectivity index (χ0) is 11.2. The minimum Gasteiger partial charge on any atom is -0.481 e. The van der Waals surface area contributed by atoms with Gasteiger partial charge in [0.2, 0.25) is 0 Å². The summed E-state index contributed by atoms with van der Waals surface area (Å²) in [4.78, 5) is 21.4. The molecule has 0 fully saturated rings. The minimum absolute atomic E-state index is 0.113. The van der Waals surface area contributed by atoms with Crippen molar-refractivity contribution in [3.63, 3.8) is 0 Å². The Morgan fingerprint density at radius 3 is 2.14 bits per heavy atom. The number of nitrogens with one attached hydrogen (secondary N) is 1. The van der Waals surface area contributed by atoms with Crippen LogP contribution in [-0.2, 0) is 9.59 Å². The second kappa shape index (κ2) is 5.59. The second-order valence-electron chi connectivity index (χ2n) is 3.16. The van der Waals surface area contributed by atoms with Gasteiger partial charge in [0.25, 0.3) is 0 Å². The van der Waals surface area contributed by atoms with Gasteiger partial charge < -0.3 is 15.5 Å². The van der Waals surface area contributed by atoms with Gasteiger partial charge in [0.15, 0.2) is 0 Å². The predicted molar refractivity (Wildman–Crippen MR) is 51.2 cm³/mol. The summed E-state index contributed by atoms with van der Waals surface area (Å²) in [6.45, 7) is 4.05. The van der Waals surface area contributed by atoms with Crippen molar-refractivity contribution in [3.8, 4) is 0 Å². The average Bonchev–Trinajstić information content (AvgIpc) is 2.11. The van der Waals surface area contributed by atoms with Crippen LogP contribution in [0.2, 0.25) is 0 Å². The highest BCUT2D eigenvalue weighted by Crippen LogP contribution is 2.17. The molecule has 0 bridgehead atoms. The van der Waals surface area contributed by atoms with Crippen LogP contribution in [0.1, 0.15) is 33.1 Å². The normalized spacial score (nSPS) is 14.7. The lowest BCUT2D eigenvalue weighted by Crippen LogP contribution is -2.51. The van der Waals surface area contributed by atoms with Gasteiger partial charge in [-0.05, 0) is 19.4 Å². The molecule has 0 rings (SSSR count). The van der Waals surface area contributed by atoms with Crippen LogP contribution < -0.4 is 5.32 Å². The molecule has 0 saturated heterocycles. The summed E-state index contributed by atoms with van der Waals surface area (Å²) in [6.07, 6.45) is 0.360. The highest BCUT2D eigenvalue weighted by Gasteiger charge is 2.35. The van der Waals surface area contributed by atoms with E-state index < -0.39 is 17.5 Å². The molecule has 3 N–H and O–H groups in total. The van der Waals surface area contributed by atoms with Gasteiger partial charge in [0.1, 0.15) is 5.54 Å². The van der Waals surface area contributed by atoms with Gasteiger partial charge in [-0.1, -0.05) is 13.8 Å². The lowest BCUT2D eigenvalue weighted by molar-refractivity contribution is -0.146. The van der Waals surface area contributed by atoms with Crippen LogP contribution in [0.5, 0.6) is 0 Å². The van der Waals surface area contributed by atoms with Gasteiger partial charge >= 0.3 is 11.9 Å². The first-order chi connectivity index (χ1) is 6.48. The van der Waals surface area contributed by atoms with E-state index in [0.29, 0.717) is 13.0 Å². The van der Waals surface area contributed by atoms with E-state index in [1.807, 2.05) is 0 Å². The van der Waals surface area contributed by atoms with Crippen molar-refractivity contribution >= 4 is 11.9 Å². The van der Waals surface area contributed by atoms with Gasteiger partial charge in [0, 0.05) is 6.42 Å². The zero-order valence-electron chi connectivity index (χ0n) is 8.54. The zero-order valence-corrected chi connectivity index (χ0v) is 8.54. The summed E-state index contributed by atoms with van der Waals surface area (Å²) in [5.41, 5.74) is -1.09. The molecule has 0 radical (unpaired) electrons. The molecule has 82 valence electrons. The van der Waals surface area contributed by atoms with E-state index in [-0.39, 0.29) is 12.8 Å². The predicted octanol–water partition coefficient (Wildman–Crippen LogP) is 0.694. The molecule has 0 aromatic carbocycles. The Balaban J connectivity index is 4.49. The van der Waals surface area contributed by atoms with Crippen molar-refractivity contribution in [1.82, 2.24) is 5.32 Å². The third kappa shape index (κ3) is 3.33. The first-order valence-corrected chi connectivity index (χ1v) is 4.68. The highest BCUT2D eigenvalue weighted by atomic mass is 16.4. The SMILES string of the molecule is CCNC(CC)(CCC(=O)O)C(=O)O. The number of aliphatic carboxylic acids is 2. The van der Waals surface area contributed by atoms with E-state index >= 15 is 0 Å². The van der Waals surface area contributed by atoms with Gasteiger partial charge in [-0.3, -0.25) is 9.59 Å². The molecule has 0 amide bonds. The van der Waals surface area contributed by atoms with E-state index in [2.05, 4.69) is 5.32 Å². The summed E-state index contributed by atoms with van der Waals surface area (Å²) in [6, 6.07) is 0. The molecule has 0 aromatic rings. The van der Waals surface area contributed by atoms with Gasteiger partial charge in [-0.2, -0.15) is 0 Å². The molecular formula is C9H17NO4. The van der Waals surface area contributed by atoms with E-state index in [4.69, 9.17) is 10.2 Å². The third-order valence-electron chi connectivity index (χ3n) is 2.29. The number of carboxylic acids is 2. The number of carbonyl (C=O) groups is 2. The Morgan fingerprint density at radius 2 is 1.86 bits per heavy atom. The van der Waals surface area contributed by atoms with Crippen molar-refractivity contribution in [1.29, 1.82) is 0 Å². The summed E-state index contributed by atoms with van der Waals surface area (Å²) >= 11 is 0. The lowest BCUT2D eigenvalue weighted by atomic mass is 9.90. The molecule has 0 aliphatic rings. The van der Waals surface area contributed by atoms with Crippen molar-refractivity contribution in [2.45, 2.75) is 38.6 Å². The molecule has 14 heavy (non-hydrogen) atoms. The average molecular weight is 203 g/mol. The molecule has 0 spiro atoms. The van der Waals surface area contributed by atoms with Crippen LogP contribution in [0.4, 0.5) is 0 Å². The standard InChI is InChI=1S/C9H17NO4/c1-3-9(8(13)14,10-4-2)6-5-7(11)12/h10H,3-6H2,1-2H3,(H,11,12)(H,13,14). The van der Waals surface area contributed by atoms with Crippen LogP contribution >= 0.6 is 0 Å². The van der Waals surface area contributed by atoms with E-state index in [1.165, 1.54) is 0 Å². The third-order valence-corrected chi connectivity index (χ3v) is 2.29. The molecule has 1 unspecified atom stereocenters. The fraction of sp³-hybridized carbons (Fsp3) is 0.778. The van der Waals surface area contributed by atoms with Crippen molar-refractivity contribution in [2.75, 3.05) is 6.54 Å². The van der Waals surface area contributed by atoms with Crippen molar-refractivity contribution in [3.05, 3.63) is 0 Å². The van der Waals surface area contributed by atoms with Crippen LogP contribution in [0, 0.1) is 0 Å². The van der Waals surface area contributed by atoms with Crippen LogP contribution in [0.15, 0.2) is 0 Å². The Kier molecular flexibility index (Phi) is 5.15. The van der Waals surface area contributed by atoms with Gasteiger partial charge in [-0.25, -0.2) is 0 Å². The fourth-order valence-corrected chi connectivity index (χ4v) is 1.38. The van der Waals surface area contributed by atoms with Gasteiger partial charge in [-0.15, -0.1) is 0 Å². The molecule has 5 heteroatoms. The Morgan fingerprint density at radius 1 is 1.29 bits per heavy atom. The number of hydrogen-bond acceptors (Lipinski definition) is 3. The summed E-state index contributed by atoms with van der Waals surface area (Å²) in [7, 11) is 0. The maximum atomic E-state index is 11.0. The summed E-state index contributed by atoms with van der Waals surface area (Å²) < 4.78 is 0. The molecule has 1 atom stereocenters. The number of rotatable bonds is 7. The van der Waals surface area contributed by atoms with E-state index in [1.54, 1.807) is 13.8 Å². The number of carboxylic acid groups (broad SMARTS) is 2. The minimum atomic E-state index is -1.09. The van der Waals surface area contributed by atoms with Crippen LogP contribution in [0.25, 0.3) is 0 Å². The molecule has 0 aliphatic carbocycles. The first-order valence-electron chi connectivity index (χ1n) is 4.68. The Hall–Kier alpha value is -1.10. The smallest absolute Gasteiger partial charge is 0.323 e. The van der Waals surface area contributed by atoms with E-state index in [9.17, 15) is 9.59 Å². The topological polar surface area (TPSA) is 86.6 Å². The largest absolute Gasteiger partial charge is 0.481 e. The van der Waals surface area contributed by atoms with Crippen LogP contribution in [-0.4, -0.2) is 34.2 Å². The maximum absolute atomic E-state index is 11.0. The van der Waals surface area contributed by atoms with Gasteiger partial charge in [0.05, 0.1) is 0 Å². The Labute approximate surface area is 83.1 Å². The molecule has 0 aromatic heterocycles. The molecule has 0 saturated carbocycles. The first kappa shape index (κ1) is 12.9. The lowest BCUT2D eigenvalue weighted by Gasteiger charge is -2.28. The molecular weight excluding hydrogens is 186 g/mol. The quantitative estimate of drug-likeness (QED) is 0.566. The Bertz CT molecular complexity index is 217. The maximum Gasteiger partial charge on any atom is 0.323 e. The molecule has 0 heterocycles. The monoisotopic (exact) mass is 203 g/mol. The van der Waals surface area contributed by atoms with Crippen molar-refractivity contribution < 1.29 is 19.8 Å². The molecule has 0 aliphatic heterocycles. The molecule has 5 nitrogen and oxygen atoms in total. The van der Waals surface area contributed by atoms with Crippen LogP contribution in [0.3, 0.4) is 0 Å².